The molecule has 2 aromatic carbocycles. The highest BCUT2D eigenvalue weighted by molar-refractivity contribution is 7.90. The largest absolute Gasteiger partial charge is 0.345 e. The van der Waals surface area contributed by atoms with Crippen molar-refractivity contribution in [1.29, 1.82) is 0 Å². The Bertz CT molecular complexity index is 945. The molecule has 118 valence electrons. The second-order valence-electron chi connectivity index (χ2n) is 5.03. The van der Waals surface area contributed by atoms with E-state index in [-0.39, 0.29) is 17.0 Å². The molecule has 3 rings (SSSR count). The molecule has 0 aliphatic heterocycles. The molecule has 0 atom stereocenters. The number of sulfone groups is 1. The van der Waals surface area contributed by atoms with E-state index in [0.717, 1.165) is 21.5 Å². The third-order valence-electron chi connectivity index (χ3n) is 3.27. The molecule has 0 radical (unpaired) electrons. The molecular formula is C16H14N2O3S2. The number of hydrogen-bond acceptors (Lipinski definition) is 5. The maximum Gasteiger partial charge on any atom is 0.252 e. The van der Waals surface area contributed by atoms with Crippen LogP contribution in [0.1, 0.15) is 15.4 Å². The van der Waals surface area contributed by atoms with E-state index in [4.69, 9.17) is 0 Å². The first-order valence-corrected chi connectivity index (χ1v) is 9.58. The van der Waals surface area contributed by atoms with E-state index in [1.165, 1.54) is 23.5 Å². The summed E-state index contributed by atoms with van der Waals surface area (Å²) in [6.07, 6.45) is 1.09. The van der Waals surface area contributed by atoms with Crippen molar-refractivity contribution in [3.63, 3.8) is 0 Å². The highest BCUT2D eigenvalue weighted by atomic mass is 32.2. The Hall–Kier alpha value is -2.25. The lowest BCUT2D eigenvalue weighted by Crippen LogP contribution is -2.24. The van der Waals surface area contributed by atoms with Gasteiger partial charge < -0.3 is 5.32 Å². The van der Waals surface area contributed by atoms with Gasteiger partial charge in [-0.1, -0.05) is 24.3 Å². The third-order valence-corrected chi connectivity index (χ3v) is 5.46. The summed E-state index contributed by atoms with van der Waals surface area (Å²) in [5.74, 6) is -0.426. The first-order chi connectivity index (χ1) is 10.9. The predicted molar refractivity (Wildman–Crippen MR) is 90.3 cm³/mol. The number of aromatic nitrogens is 1. The standard InChI is InChI=1S/C16H14N2O3S2/c1-23(20,21)14-9-5-2-6-11(14)16(19)17-10-15-18-12-7-3-4-8-13(12)22-15/h2-9H,10H2,1H3,(H,17,19). The smallest absolute Gasteiger partial charge is 0.252 e. The summed E-state index contributed by atoms with van der Waals surface area (Å²) >= 11 is 1.50. The van der Waals surface area contributed by atoms with Gasteiger partial charge in [-0.2, -0.15) is 0 Å². The van der Waals surface area contributed by atoms with Crippen molar-refractivity contribution >= 4 is 37.3 Å². The summed E-state index contributed by atoms with van der Waals surface area (Å²) in [5.41, 5.74) is 1.04. The molecule has 0 unspecified atom stereocenters. The van der Waals surface area contributed by atoms with Crippen molar-refractivity contribution < 1.29 is 13.2 Å². The Labute approximate surface area is 137 Å². The van der Waals surface area contributed by atoms with E-state index in [9.17, 15) is 13.2 Å². The van der Waals surface area contributed by atoms with Crippen LogP contribution in [0.3, 0.4) is 0 Å². The predicted octanol–water partition coefficient (Wildman–Crippen LogP) is 2.63. The van der Waals surface area contributed by atoms with Gasteiger partial charge in [0.2, 0.25) is 0 Å². The van der Waals surface area contributed by atoms with Crippen LogP contribution < -0.4 is 5.32 Å². The number of rotatable bonds is 4. The molecule has 1 amide bonds. The van der Waals surface area contributed by atoms with Gasteiger partial charge in [-0.05, 0) is 24.3 Å². The van der Waals surface area contributed by atoms with Crippen LogP contribution in [0, 0.1) is 0 Å². The van der Waals surface area contributed by atoms with Crippen molar-refractivity contribution in [1.82, 2.24) is 10.3 Å². The number of fused-ring (bicyclic) bond motifs is 1. The number of benzene rings is 2. The molecule has 1 heterocycles. The first-order valence-electron chi connectivity index (χ1n) is 6.87. The Kier molecular flexibility index (Phi) is 4.14. The minimum Gasteiger partial charge on any atom is -0.345 e. The number of para-hydroxylation sites is 1. The zero-order valence-electron chi connectivity index (χ0n) is 12.3. The summed E-state index contributed by atoms with van der Waals surface area (Å²) < 4.78 is 24.6. The fraction of sp³-hybridized carbons (Fsp3) is 0.125. The lowest BCUT2D eigenvalue weighted by molar-refractivity contribution is 0.0947. The Morgan fingerprint density at radius 2 is 1.83 bits per heavy atom. The number of thiazole rings is 1. The van der Waals surface area contributed by atoms with Gasteiger partial charge in [0.05, 0.1) is 27.2 Å². The van der Waals surface area contributed by atoms with Crippen LogP contribution in [0.5, 0.6) is 0 Å². The Morgan fingerprint density at radius 3 is 2.57 bits per heavy atom. The fourth-order valence-corrected chi connectivity index (χ4v) is 4.02. The van der Waals surface area contributed by atoms with Gasteiger partial charge in [0.1, 0.15) is 5.01 Å². The molecule has 1 aromatic heterocycles. The number of nitrogens with zero attached hydrogens (tertiary/aromatic N) is 1. The lowest BCUT2D eigenvalue weighted by Gasteiger charge is -2.07. The van der Waals surface area contributed by atoms with Gasteiger partial charge in [0.25, 0.3) is 5.91 Å². The summed E-state index contributed by atoms with van der Waals surface area (Å²) in [5, 5.41) is 3.51. The quantitative estimate of drug-likeness (QED) is 0.788. The number of amides is 1. The molecule has 1 N–H and O–H groups in total. The molecule has 5 nitrogen and oxygen atoms in total. The molecule has 23 heavy (non-hydrogen) atoms. The molecule has 3 aromatic rings. The van der Waals surface area contributed by atoms with Crippen molar-refractivity contribution in [2.24, 2.45) is 0 Å². The van der Waals surface area contributed by atoms with E-state index < -0.39 is 15.7 Å². The van der Waals surface area contributed by atoms with Gasteiger partial charge >= 0.3 is 0 Å². The average molecular weight is 346 g/mol. The molecule has 0 saturated carbocycles. The van der Waals surface area contributed by atoms with Crippen molar-refractivity contribution in [3.05, 3.63) is 59.1 Å². The molecule has 0 spiro atoms. The van der Waals surface area contributed by atoms with E-state index >= 15 is 0 Å². The zero-order valence-corrected chi connectivity index (χ0v) is 13.9. The van der Waals surface area contributed by atoms with Crippen LogP contribution in [-0.2, 0) is 16.4 Å². The lowest BCUT2D eigenvalue weighted by atomic mass is 10.2. The van der Waals surface area contributed by atoms with Gasteiger partial charge in [-0.25, -0.2) is 13.4 Å². The van der Waals surface area contributed by atoms with E-state index in [1.807, 2.05) is 24.3 Å². The van der Waals surface area contributed by atoms with Crippen molar-refractivity contribution in [2.45, 2.75) is 11.4 Å². The third kappa shape index (κ3) is 3.40. The van der Waals surface area contributed by atoms with Gasteiger partial charge in [0, 0.05) is 6.26 Å². The fourth-order valence-electron chi connectivity index (χ4n) is 2.22. The summed E-state index contributed by atoms with van der Waals surface area (Å²) in [4.78, 5) is 16.8. The van der Waals surface area contributed by atoms with Gasteiger partial charge in [0.15, 0.2) is 9.84 Å². The number of nitrogens with one attached hydrogen (secondary N) is 1. The zero-order chi connectivity index (χ0) is 16.4. The number of carbonyl (C=O) groups excluding carboxylic acids is 1. The Balaban J connectivity index is 1.80. The molecule has 0 fully saturated rings. The minimum absolute atomic E-state index is 0.0294. The molecular weight excluding hydrogens is 332 g/mol. The van der Waals surface area contributed by atoms with Crippen molar-refractivity contribution in [3.8, 4) is 0 Å². The van der Waals surface area contributed by atoms with Crippen LogP contribution in [0.4, 0.5) is 0 Å². The highest BCUT2D eigenvalue weighted by Crippen LogP contribution is 2.21. The summed E-state index contributed by atoms with van der Waals surface area (Å²) in [6.45, 7) is 0.260. The first kappa shape index (κ1) is 15.6. The van der Waals surface area contributed by atoms with Crippen LogP contribution in [-0.4, -0.2) is 25.6 Å². The maximum absolute atomic E-state index is 12.3. The molecule has 7 heteroatoms. The number of hydrogen-bond donors (Lipinski definition) is 1. The molecule has 0 bridgehead atoms. The second-order valence-corrected chi connectivity index (χ2v) is 8.13. The van der Waals surface area contributed by atoms with Crippen LogP contribution in [0.15, 0.2) is 53.4 Å². The molecule has 0 aliphatic carbocycles. The number of carbonyl (C=O) groups is 1. The van der Waals surface area contributed by atoms with E-state index in [1.54, 1.807) is 12.1 Å². The van der Waals surface area contributed by atoms with Crippen LogP contribution >= 0.6 is 11.3 Å². The highest BCUT2D eigenvalue weighted by Gasteiger charge is 2.18. The SMILES string of the molecule is CS(=O)(=O)c1ccccc1C(=O)NCc1nc2ccccc2s1. The van der Waals surface area contributed by atoms with Gasteiger partial charge in [-0.15, -0.1) is 11.3 Å². The van der Waals surface area contributed by atoms with Crippen molar-refractivity contribution in [2.75, 3.05) is 6.26 Å². The van der Waals surface area contributed by atoms with E-state index in [0.29, 0.717) is 0 Å². The minimum atomic E-state index is -3.46. The van der Waals surface area contributed by atoms with Crippen LogP contribution in [0.2, 0.25) is 0 Å². The maximum atomic E-state index is 12.3. The Morgan fingerprint density at radius 1 is 1.13 bits per heavy atom. The summed E-state index contributed by atoms with van der Waals surface area (Å²) in [6, 6.07) is 13.9. The summed E-state index contributed by atoms with van der Waals surface area (Å²) in [7, 11) is -3.46. The molecule has 0 saturated heterocycles. The van der Waals surface area contributed by atoms with Crippen LogP contribution in [0.25, 0.3) is 10.2 Å². The van der Waals surface area contributed by atoms with E-state index in [2.05, 4.69) is 10.3 Å². The topological polar surface area (TPSA) is 76.1 Å². The molecule has 0 aliphatic rings. The average Bonchev–Trinajstić information content (AvgIpc) is 2.94. The normalized spacial score (nSPS) is 11.5. The van der Waals surface area contributed by atoms with Gasteiger partial charge in [-0.3, -0.25) is 4.79 Å². The second kappa shape index (κ2) is 6.10. The monoisotopic (exact) mass is 346 g/mol.